The van der Waals surface area contributed by atoms with Gasteiger partial charge in [-0.25, -0.2) is 0 Å². The molecule has 0 aliphatic rings. The first-order chi connectivity index (χ1) is 7.33. The van der Waals surface area contributed by atoms with Crippen LogP contribution in [0.2, 0.25) is 0 Å². The molecule has 0 bridgehead atoms. The van der Waals surface area contributed by atoms with Crippen molar-refractivity contribution < 1.29 is 0 Å². The number of anilines is 1. The average molecular weight is 194 g/mol. The van der Waals surface area contributed by atoms with Crippen LogP contribution in [0.3, 0.4) is 0 Å². The summed E-state index contributed by atoms with van der Waals surface area (Å²) >= 11 is 0. The maximum atomic E-state index is 9.00. The molecule has 0 aliphatic carbocycles. The van der Waals surface area contributed by atoms with E-state index in [-0.39, 0.29) is 0 Å². The minimum Gasteiger partial charge on any atom is -0.398 e. The Morgan fingerprint density at radius 3 is 2.80 bits per heavy atom. The topological polar surface area (TPSA) is 62.7 Å². The first kappa shape index (κ1) is 9.22. The predicted molar refractivity (Wildman–Crippen MR) is 57.6 cm³/mol. The van der Waals surface area contributed by atoms with Crippen molar-refractivity contribution in [1.82, 2.24) is 4.98 Å². The van der Waals surface area contributed by atoms with Crippen LogP contribution >= 0.6 is 0 Å². The zero-order valence-corrected chi connectivity index (χ0v) is 7.94. The molecule has 2 N–H and O–H groups in total. The summed E-state index contributed by atoms with van der Waals surface area (Å²) in [6, 6.07) is 11.1. The largest absolute Gasteiger partial charge is 0.398 e. The van der Waals surface area contributed by atoms with E-state index in [4.69, 9.17) is 11.0 Å². The van der Waals surface area contributed by atoms with E-state index in [0.29, 0.717) is 11.3 Å². The molecular weight excluding hydrogens is 186 g/mol. The third kappa shape index (κ3) is 1.65. The van der Waals surface area contributed by atoms with E-state index in [9.17, 15) is 0 Å². The Bertz CT molecular complexity index is 512. The Morgan fingerprint density at radius 1 is 1.27 bits per heavy atom. The summed E-state index contributed by atoms with van der Waals surface area (Å²) in [5.41, 5.74) is 8.21. The summed E-state index contributed by atoms with van der Waals surface area (Å²) in [6.45, 7) is 0. The molecule has 3 nitrogen and oxygen atoms in total. The van der Waals surface area contributed by atoms with Crippen molar-refractivity contribution in [2.24, 2.45) is 0 Å². The molecule has 1 aromatic carbocycles. The number of hydrogen-bond acceptors (Lipinski definition) is 3. The second kappa shape index (κ2) is 3.81. The summed E-state index contributed by atoms with van der Waals surface area (Å²) in [4.78, 5) is 3.89. The molecule has 1 aromatic heterocycles. The fraction of sp³-hybridized carbons (Fsp3) is 0. The van der Waals surface area contributed by atoms with Gasteiger partial charge in [0.1, 0.15) is 6.07 Å². The zero-order chi connectivity index (χ0) is 10.7. The summed E-state index contributed by atoms with van der Waals surface area (Å²) in [5, 5.41) is 9.00. The lowest BCUT2D eigenvalue weighted by molar-refractivity contribution is 1.31. The minimum atomic E-state index is 0.474. The highest BCUT2D eigenvalue weighted by Gasteiger charge is 2.07. The number of pyridine rings is 1. The average Bonchev–Trinajstić information content (AvgIpc) is 2.30. The molecule has 1 radical (unpaired) electrons. The second-order valence-electron chi connectivity index (χ2n) is 3.04. The smallest absolute Gasteiger partial charge is 0.102 e. The Morgan fingerprint density at radius 2 is 2.13 bits per heavy atom. The SMILES string of the molecule is N#Cc1c(N)cccc1-c1[c]nccc1. The summed E-state index contributed by atoms with van der Waals surface area (Å²) in [5.74, 6) is 0. The molecule has 1 heterocycles. The maximum absolute atomic E-state index is 9.00. The molecule has 0 amide bonds. The lowest BCUT2D eigenvalue weighted by atomic mass is 10.0. The van der Waals surface area contributed by atoms with Crippen LogP contribution < -0.4 is 5.73 Å². The van der Waals surface area contributed by atoms with Crippen molar-refractivity contribution in [2.75, 3.05) is 5.73 Å². The van der Waals surface area contributed by atoms with E-state index in [1.807, 2.05) is 18.2 Å². The molecule has 0 aliphatic heterocycles. The number of nitrogens with two attached hydrogens (primary N) is 1. The van der Waals surface area contributed by atoms with Crippen molar-refractivity contribution >= 4 is 5.69 Å². The molecule has 71 valence electrons. The van der Waals surface area contributed by atoms with Gasteiger partial charge in [0.05, 0.1) is 17.4 Å². The van der Waals surface area contributed by atoms with Gasteiger partial charge in [-0.3, -0.25) is 4.98 Å². The Labute approximate surface area is 87.8 Å². The Balaban J connectivity index is 2.65. The van der Waals surface area contributed by atoms with Gasteiger partial charge in [-0.2, -0.15) is 5.26 Å². The van der Waals surface area contributed by atoms with Gasteiger partial charge in [0.15, 0.2) is 0 Å². The molecule has 2 rings (SSSR count). The standard InChI is InChI=1S/C12H8N3/c13-7-11-10(4-1-5-12(11)14)9-3-2-6-15-8-9/h1-6H,14H2. The van der Waals surface area contributed by atoms with E-state index in [1.165, 1.54) is 0 Å². The van der Waals surface area contributed by atoms with Crippen LogP contribution in [0.25, 0.3) is 11.1 Å². The summed E-state index contributed by atoms with van der Waals surface area (Å²) in [6.07, 6.45) is 4.47. The maximum Gasteiger partial charge on any atom is 0.102 e. The van der Waals surface area contributed by atoms with E-state index in [2.05, 4.69) is 17.3 Å². The van der Waals surface area contributed by atoms with Crippen molar-refractivity contribution in [2.45, 2.75) is 0 Å². The van der Waals surface area contributed by atoms with Crippen LogP contribution in [-0.4, -0.2) is 4.98 Å². The molecule has 3 heteroatoms. The normalized spacial score (nSPS) is 9.53. The van der Waals surface area contributed by atoms with Gasteiger partial charge < -0.3 is 5.73 Å². The van der Waals surface area contributed by atoms with E-state index < -0.39 is 0 Å². The monoisotopic (exact) mass is 194 g/mol. The van der Waals surface area contributed by atoms with Crippen LogP contribution in [0.15, 0.2) is 36.5 Å². The molecule has 0 spiro atoms. The molecule has 0 saturated carbocycles. The summed E-state index contributed by atoms with van der Waals surface area (Å²) in [7, 11) is 0. The molecular formula is C12H8N3. The third-order valence-electron chi connectivity index (χ3n) is 2.11. The van der Waals surface area contributed by atoms with Gasteiger partial charge >= 0.3 is 0 Å². The molecule has 0 unspecified atom stereocenters. The van der Waals surface area contributed by atoms with Crippen LogP contribution in [0, 0.1) is 17.5 Å². The zero-order valence-electron chi connectivity index (χ0n) is 7.94. The first-order valence-electron chi connectivity index (χ1n) is 4.44. The molecule has 2 aromatic rings. The molecule has 0 atom stereocenters. The Kier molecular flexibility index (Phi) is 2.34. The van der Waals surface area contributed by atoms with E-state index in [0.717, 1.165) is 11.1 Å². The van der Waals surface area contributed by atoms with Gasteiger partial charge in [0.25, 0.3) is 0 Å². The number of nitrogens with zero attached hydrogens (tertiary/aromatic N) is 2. The quantitative estimate of drug-likeness (QED) is 0.706. The number of benzene rings is 1. The fourth-order valence-corrected chi connectivity index (χ4v) is 1.40. The van der Waals surface area contributed by atoms with Gasteiger partial charge in [-0.1, -0.05) is 18.2 Å². The third-order valence-corrected chi connectivity index (χ3v) is 2.11. The number of nitrogen functional groups attached to an aromatic ring is 1. The number of hydrogen-bond donors (Lipinski definition) is 1. The summed E-state index contributed by atoms with van der Waals surface area (Å²) < 4.78 is 0. The van der Waals surface area contributed by atoms with E-state index in [1.54, 1.807) is 18.3 Å². The van der Waals surface area contributed by atoms with Gasteiger partial charge in [0, 0.05) is 17.3 Å². The highest BCUT2D eigenvalue weighted by molar-refractivity contribution is 5.75. The van der Waals surface area contributed by atoms with Gasteiger partial charge in [-0.15, -0.1) is 0 Å². The van der Waals surface area contributed by atoms with Crippen LogP contribution in [0.4, 0.5) is 5.69 Å². The first-order valence-corrected chi connectivity index (χ1v) is 4.44. The number of aromatic nitrogens is 1. The van der Waals surface area contributed by atoms with Crippen LogP contribution in [-0.2, 0) is 0 Å². The molecule has 0 saturated heterocycles. The van der Waals surface area contributed by atoms with Crippen molar-refractivity contribution in [3.05, 3.63) is 48.3 Å². The van der Waals surface area contributed by atoms with Crippen molar-refractivity contribution in [3.63, 3.8) is 0 Å². The number of nitriles is 1. The van der Waals surface area contributed by atoms with E-state index >= 15 is 0 Å². The van der Waals surface area contributed by atoms with Gasteiger partial charge in [-0.05, 0) is 12.1 Å². The molecule has 0 fully saturated rings. The second-order valence-corrected chi connectivity index (χ2v) is 3.04. The number of rotatable bonds is 1. The van der Waals surface area contributed by atoms with Crippen LogP contribution in [0.5, 0.6) is 0 Å². The highest BCUT2D eigenvalue weighted by Crippen LogP contribution is 2.25. The van der Waals surface area contributed by atoms with Crippen LogP contribution in [0.1, 0.15) is 5.56 Å². The lowest BCUT2D eigenvalue weighted by Crippen LogP contribution is -1.93. The van der Waals surface area contributed by atoms with Gasteiger partial charge in [0.2, 0.25) is 0 Å². The molecule has 15 heavy (non-hydrogen) atoms. The fourth-order valence-electron chi connectivity index (χ4n) is 1.40. The minimum absolute atomic E-state index is 0.474. The Hall–Kier alpha value is -2.34. The lowest BCUT2D eigenvalue weighted by Gasteiger charge is -2.04. The highest BCUT2D eigenvalue weighted by atomic mass is 14.6. The predicted octanol–water partition coefficient (Wildman–Crippen LogP) is 2.00. The van der Waals surface area contributed by atoms with Crippen molar-refractivity contribution in [1.29, 1.82) is 5.26 Å². The van der Waals surface area contributed by atoms with Crippen molar-refractivity contribution in [3.8, 4) is 17.2 Å².